The molecule has 7 heteroatoms. The summed E-state index contributed by atoms with van der Waals surface area (Å²) in [6.07, 6.45) is 3.40. The quantitative estimate of drug-likeness (QED) is 0.270. The van der Waals surface area contributed by atoms with E-state index in [1.165, 1.54) is 11.8 Å². The number of ketones is 1. The lowest BCUT2D eigenvalue weighted by Crippen LogP contribution is -2.05. The Labute approximate surface area is 188 Å². The molecule has 0 bridgehead atoms. The van der Waals surface area contributed by atoms with Gasteiger partial charge in [0.25, 0.3) is 0 Å². The second-order valence-electron chi connectivity index (χ2n) is 7.00. The van der Waals surface area contributed by atoms with Crippen molar-refractivity contribution in [2.75, 3.05) is 5.75 Å². The highest BCUT2D eigenvalue weighted by molar-refractivity contribution is 7.99. The van der Waals surface area contributed by atoms with Crippen LogP contribution in [0, 0.1) is 0 Å². The first-order chi connectivity index (χ1) is 15.8. The van der Waals surface area contributed by atoms with Gasteiger partial charge in [0.2, 0.25) is 5.16 Å². The Bertz CT molecular complexity index is 1390. The number of Topliss-reactive ketones (excluding diaryl/α,β-unsaturated/α-hetero) is 1. The minimum atomic E-state index is 0.0116. The Balaban J connectivity index is 1.42. The number of nitrogens with zero attached hydrogens (tertiary/aromatic N) is 5. The van der Waals surface area contributed by atoms with Gasteiger partial charge in [-0.05, 0) is 41.1 Å². The minimum Gasteiger partial charge on any atom is -0.293 e. The van der Waals surface area contributed by atoms with Crippen LogP contribution in [0.25, 0.3) is 33.5 Å². The van der Waals surface area contributed by atoms with Crippen LogP contribution in [0.1, 0.15) is 10.4 Å². The summed E-state index contributed by atoms with van der Waals surface area (Å²) in [5.74, 6) is 0.225. The van der Waals surface area contributed by atoms with E-state index < -0.39 is 0 Å². The molecule has 0 amide bonds. The molecule has 3 aromatic heterocycles. The molecular formula is C25H17N5OS. The number of fused-ring (bicyclic) bond motifs is 1. The molecule has 0 fully saturated rings. The first-order valence-corrected chi connectivity index (χ1v) is 11.0. The third-order valence-corrected chi connectivity index (χ3v) is 5.72. The number of benzene rings is 2. The van der Waals surface area contributed by atoms with Crippen molar-refractivity contribution in [2.45, 2.75) is 5.16 Å². The van der Waals surface area contributed by atoms with Gasteiger partial charge in [0.15, 0.2) is 5.78 Å². The van der Waals surface area contributed by atoms with E-state index in [1.54, 1.807) is 12.4 Å². The predicted octanol–water partition coefficient (Wildman–Crippen LogP) is 5.12. The molecule has 0 unspecified atom stereocenters. The summed E-state index contributed by atoms with van der Waals surface area (Å²) in [7, 11) is 0. The third-order valence-electron chi connectivity index (χ3n) is 4.89. The average molecular weight is 436 g/mol. The molecule has 0 atom stereocenters. The van der Waals surface area contributed by atoms with Crippen molar-refractivity contribution in [3.05, 3.63) is 96.8 Å². The molecule has 0 saturated carbocycles. The van der Waals surface area contributed by atoms with Gasteiger partial charge in [-0.15, -0.1) is 10.2 Å². The van der Waals surface area contributed by atoms with Crippen molar-refractivity contribution in [3.8, 4) is 22.8 Å². The predicted molar refractivity (Wildman–Crippen MR) is 125 cm³/mol. The molecule has 0 radical (unpaired) electrons. The number of pyridine rings is 2. The maximum Gasteiger partial charge on any atom is 0.210 e. The average Bonchev–Trinajstić information content (AvgIpc) is 2.88. The van der Waals surface area contributed by atoms with E-state index in [4.69, 9.17) is 0 Å². The second kappa shape index (κ2) is 9.03. The summed E-state index contributed by atoms with van der Waals surface area (Å²) in [6.45, 7) is 0. The molecule has 0 aliphatic carbocycles. The standard InChI is InChI=1S/C25H17N5OS/c31-22(19-12-11-17-7-1-2-8-18(17)15-19)16-32-25-28-23(20-9-3-5-13-26-20)24(29-30-25)21-10-4-6-14-27-21/h1-15H,16H2. The number of rotatable bonds is 6. The molecule has 3 heterocycles. The van der Waals surface area contributed by atoms with Crippen LogP contribution in [-0.2, 0) is 0 Å². The van der Waals surface area contributed by atoms with Gasteiger partial charge in [-0.1, -0.05) is 60.3 Å². The number of carbonyl (C=O) groups is 1. The Morgan fingerprint density at radius 1 is 0.719 bits per heavy atom. The maximum absolute atomic E-state index is 12.8. The van der Waals surface area contributed by atoms with E-state index in [1.807, 2.05) is 78.9 Å². The number of hydrogen-bond acceptors (Lipinski definition) is 7. The van der Waals surface area contributed by atoms with Gasteiger partial charge >= 0.3 is 0 Å². The van der Waals surface area contributed by atoms with Crippen LogP contribution in [0.3, 0.4) is 0 Å². The molecular weight excluding hydrogens is 418 g/mol. The van der Waals surface area contributed by atoms with Crippen LogP contribution in [0.15, 0.2) is 96.4 Å². The lowest BCUT2D eigenvalue weighted by molar-refractivity contribution is 0.102. The van der Waals surface area contributed by atoms with Crippen LogP contribution in [-0.4, -0.2) is 36.7 Å². The van der Waals surface area contributed by atoms with Crippen molar-refractivity contribution in [2.24, 2.45) is 0 Å². The first kappa shape index (κ1) is 20.0. The van der Waals surface area contributed by atoms with Gasteiger partial charge < -0.3 is 0 Å². The van der Waals surface area contributed by atoms with E-state index in [-0.39, 0.29) is 11.5 Å². The van der Waals surface area contributed by atoms with E-state index in [0.717, 1.165) is 10.8 Å². The zero-order valence-electron chi connectivity index (χ0n) is 16.9. The van der Waals surface area contributed by atoms with Gasteiger partial charge in [-0.3, -0.25) is 14.8 Å². The zero-order valence-corrected chi connectivity index (χ0v) is 17.7. The van der Waals surface area contributed by atoms with Crippen LogP contribution < -0.4 is 0 Å². The molecule has 0 aliphatic heterocycles. The maximum atomic E-state index is 12.8. The summed E-state index contributed by atoms with van der Waals surface area (Å²) in [5, 5.41) is 11.2. The molecule has 0 N–H and O–H groups in total. The molecule has 5 rings (SSSR count). The number of thioether (sulfide) groups is 1. The highest BCUT2D eigenvalue weighted by atomic mass is 32.2. The van der Waals surface area contributed by atoms with Gasteiger partial charge in [-0.2, -0.15) is 0 Å². The van der Waals surface area contributed by atoms with E-state index >= 15 is 0 Å². The largest absolute Gasteiger partial charge is 0.293 e. The van der Waals surface area contributed by atoms with E-state index in [0.29, 0.717) is 33.5 Å². The molecule has 0 saturated heterocycles. The molecule has 0 aliphatic rings. The van der Waals surface area contributed by atoms with E-state index in [2.05, 4.69) is 25.1 Å². The fourth-order valence-corrected chi connectivity index (χ4v) is 3.99. The second-order valence-corrected chi connectivity index (χ2v) is 7.94. The lowest BCUT2D eigenvalue weighted by Gasteiger charge is -2.08. The van der Waals surface area contributed by atoms with Crippen LogP contribution >= 0.6 is 11.8 Å². The van der Waals surface area contributed by atoms with Crippen molar-refractivity contribution < 1.29 is 4.79 Å². The van der Waals surface area contributed by atoms with Crippen LogP contribution in [0.4, 0.5) is 0 Å². The minimum absolute atomic E-state index is 0.0116. The monoisotopic (exact) mass is 435 g/mol. The Morgan fingerprint density at radius 3 is 2.12 bits per heavy atom. The molecule has 6 nitrogen and oxygen atoms in total. The Morgan fingerprint density at radius 2 is 1.41 bits per heavy atom. The smallest absolute Gasteiger partial charge is 0.210 e. The topological polar surface area (TPSA) is 81.5 Å². The van der Waals surface area contributed by atoms with Crippen molar-refractivity contribution in [1.82, 2.24) is 25.1 Å². The van der Waals surface area contributed by atoms with E-state index in [9.17, 15) is 4.79 Å². The van der Waals surface area contributed by atoms with Gasteiger partial charge in [0.05, 0.1) is 17.1 Å². The van der Waals surface area contributed by atoms with Crippen LogP contribution in [0.5, 0.6) is 0 Å². The fraction of sp³-hybridized carbons (Fsp3) is 0.0400. The van der Waals surface area contributed by atoms with Crippen molar-refractivity contribution in [1.29, 1.82) is 0 Å². The van der Waals surface area contributed by atoms with Gasteiger partial charge in [0.1, 0.15) is 11.4 Å². The van der Waals surface area contributed by atoms with Crippen molar-refractivity contribution >= 4 is 28.3 Å². The molecule has 32 heavy (non-hydrogen) atoms. The van der Waals surface area contributed by atoms with Crippen molar-refractivity contribution in [3.63, 3.8) is 0 Å². The SMILES string of the molecule is O=C(CSc1nnc(-c2ccccn2)c(-c2ccccn2)n1)c1ccc2ccccc2c1. The Hall–Kier alpha value is -3.97. The van der Waals surface area contributed by atoms with Gasteiger partial charge in [-0.25, -0.2) is 4.98 Å². The lowest BCUT2D eigenvalue weighted by atomic mass is 10.1. The highest BCUT2D eigenvalue weighted by Gasteiger charge is 2.16. The number of carbonyl (C=O) groups excluding carboxylic acids is 1. The fourth-order valence-electron chi connectivity index (χ4n) is 3.31. The highest BCUT2D eigenvalue weighted by Crippen LogP contribution is 2.27. The summed E-state index contributed by atoms with van der Waals surface area (Å²) < 4.78 is 0. The Kier molecular flexibility index (Phi) is 5.63. The third kappa shape index (κ3) is 4.24. The zero-order chi connectivity index (χ0) is 21.8. The first-order valence-electron chi connectivity index (χ1n) is 10.0. The molecule has 154 valence electrons. The van der Waals surface area contributed by atoms with Crippen LogP contribution in [0.2, 0.25) is 0 Å². The number of aromatic nitrogens is 5. The normalized spacial score (nSPS) is 10.9. The number of hydrogen-bond donors (Lipinski definition) is 0. The molecule has 2 aromatic carbocycles. The summed E-state index contributed by atoms with van der Waals surface area (Å²) in [4.78, 5) is 26.2. The molecule has 0 spiro atoms. The summed E-state index contributed by atoms with van der Waals surface area (Å²) >= 11 is 1.26. The molecule has 5 aromatic rings. The summed E-state index contributed by atoms with van der Waals surface area (Å²) in [6, 6.07) is 24.9. The summed E-state index contributed by atoms with van der Waals surface area (Å²) in [5.41, 5.74) is 3.14. The van der Waals surface area contributed by atoms with Gasteiger partial charge in [0, 0.05) is 18.0 Å².